The molecular weight excluding hydrogens is 835 g/mol. The predicted octanol–water partition coefficient (Wildman–Crippen LogP) is 11.9. The van der Waals surface area contributed by atoms with Crippen LogP contribution in [-0.2, 0) is 14.4 Å². The summed E-state index contributed by atoms with van der Waals surface area (Å²) < 4.78 is 38.6. The summed E-state index contributed by atoms with van der Waals surface area (Å²) in [6.45, 7) is 15.5. The second-order valence-corrected chi connectivity index (χ2v) is 17.2. The van der Waals surface area contributed by atoms with E-state index in [2.05, 4.69) is 57.5 Å². The maximum atomic E-state index is 13.0. The molecule has 0 heterocycles. The van der Waals surface area contributed by atoms with Gasteiger partial charge in [-0.15, -0.1) is 0 Å². The van der Waals surface area contributed by atoms with Crippen molar-refractivity contribution in [2.24, 2.45) is 0 Å². The topological polar surface area (TPSA) is 143 Å². The molecule has 0 aromatic heterocycles. The van der Waals surface area contributed by atoms with Gasteiger partial charge in [0.25, 0.3) is 17.7 Å². The standard InChI is InChI=1S/C54H81N3O9/c1-7-13-19-22-28-61-46-31-40-41-32-47(62-29-23-20-14-8-2)50(65-38-53(59)56-26-17-11-5)35-44(41)45-36-51(66-39-54(60)57-27-18-12-6)48(63-30-24-21-15-9-3)33-42(45)43(40)34-49(46)64-37-52(58)55-25-16-10-4/h31-36H,7-30,37-39H2,1-6H3,(H,55,58)(H,56,59)(H,57,60). The number of unbranched alkanes of at least 4 members (excludes halogenated alkanes) is 12. The number of ether oxygens (including phenoxy) is 6. The van der Waals surface area contributed by atoms with Crippen molar-refractivity contribution in [1.29, 1.82) is 0 Å². The normalized spacial score (nSPS) is 11.2. The molecule has 366 valence electrons. The van der Waals surface area contributed by atoms with Crippen molar-refractivity contribution in [3.63, 3.8) is 0 Å². The number of benzene rings is 4. The third-order valence-corrected chi connectivity index (χ3v) is 11.5. The zero-order valence-electron chi connectivity index (χ0n) is 41.2. The largest absolute Gasteiger partial charge is 0.490 e. The van der Waals surface area contributed by atoms with E-state index in [1.807, 2.05) is 36.4 Å². The number of carbonyl (C=O) groups excluding carboxylic acids is 3. The minimum absolute atomic E-state index is 0.167. The first-order chi connectivity index (χ1) is 32.3. The van der Waals surface area contributed by atoms with Gasteiger partial charge in [0.2, 0.25) is 0 Å². The molecule has 66 heavy (non-hydrogen) atoms. The third kappa shape index (κ3) is 17.6. The van der Waals surface area contributed by atoms with Crippen molar-refractivity contribution in [2.75, 3.05) is 59.3 Å². The van der Waals surface area contributed by atoms with E-state index in [0.717, 1.165) is 148 Å². The van der Waals surface area contributed by atoms with Crippen LogP contribution in [0.4, 0.5) is 0 Å². The highest BCUT2D eigenvalue weighted by Crippen LogP contribution is 2.47. The summed E-state index contributed by atoms with van der Waals surface area (Å²) in [4.78, 5) is 39.0. The van der Waals surface area contributed by atoms with Crippen LogP contribution in [0.15, 0.2) is 36.4 Å². The monoisotopic (exact) mass is 916 g/mol. The lowest BCUT2D eigenvalue weighted by Gasteiger charge is -2.20. The van der Waals surface area contributed by atoms with Gasteiger partial charge in [0.05, 0.1) is 19.8 Å². The minimum Gasteiger partial charge on any atom is -0.490 e. The Balaban J connectivity index is 1.99. The average molecular weight is 916 g/mol. The molecule has 0 aliphatic heterocycles. The Morgan fingerprint density at radius 2 is 0.545 bits per heavy atom. The molecule has 4 aromatic carbocycles. The lowest BCUT2D eigenvalue weighted by Crippen LogP contribution is -2.29. The van der Waals surface area contributed by atoms with Crippen LogP contribution < -0.4 is 44.4 Å². The van der Waals surface area contributed by atoms with E-state index in [0.29, 0.717) is 74.0 Å². The molecule has 12 heteroatoms. The molecule has 0 saturated heterocycles. The van der Waals surface area contributed by atoms with E-state index in [1.165, 1.54) is 0 Å². The van der Waals surface area contributed by atoms with Crippen molar-refractivity contribution in [3.05, 3.63) is 36.4 Å². The Hall–Kier alpha value is -5.13. The number of hydrogen-bond donors (Lipinski definition) is 3. The maximum Gasteiger partial charge on any atom is 0.257 e. The van der Waals surface area contributed by atoms with Gasteiger partial charge in [0.1, 0.15) is 0 Å². The fourth-order valence-corrected chi connectivity index (χ4v) is 7.62. The number of hydrogen-bond acceptors (Lipinski definition) is 9. The van der Waals surface area contributed by atoms with Gasteiger partial charge >= 0.3 is 0 Å². The summed E-state index contributed by atoms with van der Waals surface area (Å²) in [5.74, 6) is 2.30. The van der Waals surface area contributed by atoms with E-state index >= 15 is 0 Å². The first kappa shape index (κ1) is 53.5. The molecule has 0 fully saturated rings. The summed E-state index contributed by atoms with van der Waals surface area (Å²) >= 11 is 0. The number of carbonyl (C=O) groups is 3. The highest BCUT2D eigenvalue weighted by molar-refractivity contribution is 6.27. The third-order valence-electron chi connectivity index (χ3n) is 11.5. The lowest BCUT2D eigenvalue weighted by atomic mass is 9.93. The van der Waals surface area contributed by atoms with Gasteiger partial charge in [-0.2, -0.15) is 0 Å². The first-order valence-corrected chi connectivity index (χ1v) is 25.4. The molecule has 0 spiro atoms. The zero-order valence-corrected chi connectivity index (χ0v) is 41.2. The first-order valence-electron chi connectivity index (χ1n) is 25.4. The van der Waals surface area contributed by atoms with Crippen LogP contribution in [-0.4, -0.2) is 77.0 Å². The van der Waals surface area contributed by atoms with Gasteiger partial charge in [-0.25, -0.2) is 0 Å². The quantitative estimate of drug-likeness (QED) is 0.0300. The fraction of sp³-hybridized carbons (Fsp3) is 0.611. The van der Waals surface area contributed by atoms with Crippen LogP contribution in [0, 0.1) is 0 Å². The van der Waals surface area contributed by atoms with Gasteiger partial charge in [-0.05, 0) is 107 Å². The van der Waals surface area contributed by atoms with Gasteiger partial charge in [0, 0.05) is 19.6 Å². The molecule has 3 amide bonds. The molecular formula is C54H81N3O9. The highest BCUT2D eigenvalue weighted by Gasteiger charge is 2.22. The average Bonchev–Trinajstić information content (AvgIpc) is 3.32. The van der Waals surface area contributed by atoms with E-state index in [9.17, 15) is 14.4 Å². The molecule has 0 bridgehead atoms. The van der Waals surface area contributed by atoms with Crippen molar-refractivity contribution >= 4 is 50.0 Å². The Kier molecular flexibility index (Phi) is 25.1. The SMILES string of the molecule is CCCCCCOc1cc2c3cc(OCCCCCC)c(OCC(=O)NCCCC)cc3c3cc(OCC(=O)NCCCC)c(OCCCCCC)cc3c2cc1OCC(=O)NCCCC. The number of fused-ring (bicyclic) bond motifs is 6. The molecule has 0 unspecified atom stereocenters. The van der Waals surface area contributed by atoms with E-state index in [1.54, 1.807) is 0 Å². The van der Waals surface area contributed by atoms with Crippen LogP contribution in [0.2, 0.25) is 0 Å². The van der Waals surface area contributed by atoms with E-state index < -0.39 is 0 Å². The lowest BCUT2D eigenvalue weighted by molar-refractivity contribution is -0.123. The van der Waals surface area contributed by atoms with Crippen LogP contribution >= 0.6 is 0 Å². The molecule has 3 N–H and O–H groups in total. The van der Waals surface area contributed by atoms with Crippen LogP contribution in [0.5, 0.6) is 34.5 Å². The van der Waals surface area contributed by atoms with E-state index in [-0.39, 0.29) is 37.5 Å². The molecule has 0 aliphatic rings. The Morgan fingerprint density at radius 1 is 0.318 bits per heavy atom. The second-order valence-electron chi connectivity index (χ2n) is 17.2. The molecule has 4 rings (SSSR count). The summed E-state index contributed by atoms with van der Waals surface area (Å²) in [5.41, 5.74) is 0. The van der Waals surface area contributed by atoms with Crippen molar-refractivity contribution < 1.29 is 42.8 Å². The number of rotatable bonds is 36. The Bertz CT molecular complexity index is 2090. The summed E-state index contributed by atoms with van der Waals surface area (Å²) in [6.07, 6.45) is 17.9. The van der Waals surface area contributed by atoms with Crippen molar-refractivity contribution in [1.82, 2.24) is 16.0 Å². The maximum absolute atomic E-state index is 13.0. The molecule has 0 radical (unpaired) electrons. The fourth-order valence-electron chi connectivity index (χ4n) is 7.62. The molecule has 0 aliphatic carbocycles. The highest BCUT2D eigenvalue weighted by atomic mass is 16.5. The number of amides is 3. The van der Waals surface area contributed by atoms with Gasteiger partial charge in [0.15, 0.2) is 54.3 Å². The summed E-state index contributed by atoms with van der Waals surface area (Å²) in [5, 5.41) is 13.9. The van der Waals surface area contributed by atoms with Gasteiger partial charge < -0.3 is 44.4 Å². The van der Waals surface area contributed by atoms with Crippen LogP contribution in [0.1, 0.15) is 157 Å². The Labute approximate surface area is 394 Å². The summed E-state index contributed by atoms with van der Waals surface area (Å²) in [7, 11) is 0. The summed E-state index contributed by atoms with van der Waals surface area (Å²) in [6, 6.07) is 11.8. The molecule has 4 aromatic rings. The molecule has 0 saturated carbocycles. The zero-order chi connectivity index (χ0) is 47.4. The minimum atomic E-state index is -0.211. The molecule has 0 atom stereocenters. The number of nitrogens with one attached hydrogen (secondary N) is 3. The van der Waals surface area contributed by atoms with Crippen LogP contribution in [0.3, 0.4) is 0 Å². The predicted molar refractivity (Wildman–Crippen MR) is 268 cm³/mol. The Morgan fingerprint density at radius 3 is 0.773 bits per heavy atom. The van der Waals surface area contributed by atoms with Gasteiger partial charge in [-0.3, -0.25) is 14.4 Å². The van der Waals surface area contributed by atoms with Gasteiger partial charge in [-0.1, -0.05) is 119 Å². The van der Waals surface area contributed by atoms with Crippen LogP contribution in [0.25, 0.3) is 32.3 Å². The van der Waals surface area contributed by atoms with Crippen molar-refractivity contribution in [3.8, 4) is 34.5 Å². The van der Waals surface area contributed by atoms with Crippen molar-refractivity contribution in [2.45, 2.75) is 157 Å². The van der Waals surface area contributed by atoms with E-state index in [4.69, 9.17) is 28.4 Å². The molecule has 12 nitrogen and oxygen atoms in total. The second kappa shape index (κ2) is 31.0. The smallest absolute Gasteiger partial charge is 0.257 e.